The van der Waals surface area contributed by atoms with Gasteiger partial charge in [0.1, 0.15) is 17.4 Å². The molecule has 4 N–H and O–H groups in total. The van der Waals surface area contributed by atoms with Gasteiger partial charge in [-0.2, -0.15) is 5.26 Å². The van der Waals surface area contributed by atoms with E-state index in [0.717, 1.165) is 0 Å². The van der Waals surface area contributed by atoms with Crippen molar-refractivity contribution >= 4 is 52.4 Å². The first-order valence-electron chi connectivity index (χ1n) is 12.4. The van der Waals surface area contributed by atoms with Crippen LogP contribution in [0.15, 0.2) is 66.0 Å². The number of rotatable bonds is 11. The van der Waals surface area contributed by atoms with Crippen molar-refractivity contribution in [3.63, 3.8) is 0 Å². The van der Waals surface area contributed by atoms with E-state index in [9.17, 15) is 19.6 Å². The van der Waals surface area contributed by atoms with Gasteiger partial charge in [0.25, 0.3) is 5.91 Å². The van der Waals surface area contributed by atoms with Gasteiger partial charge in [-0.3, -0.25) is 9.59 Å². The number of benzene rings is 2. The van der Waals surface area contributed by atoms with Gasteiger partial charge < -0.3 is 30.5 Å². The Bertz CT molecular complexity index is 1650. The molecule has 0 aliphatic heterocycles. The molecule has 0 spiro atoms. The number of methoxy groups -OCH3 is 1. The molecule has 0 aliphatic rings. The Morgan fingerprint density at radius 1 is 1.05 bits per heavy atom. The molecule has 0 fully saturated rings. The first kappa shape index (κ1) is 30.0. The predicted octanol–water partition coefficient (Wildman–Crippen LogP) is 5.83. The first-order valence-corrected chi connectivity index (χ1v) is 13.6. The quantitative estimate of drug-likeness (QED) is 0.155. The standard InChI is InChI=1S/C29H24ClN5O6S/c1-40-16-41-24-6-3-2-5-18(24)23-14-19(21(15-31)27(34-23)35-28(37)25-7-4-12-42-25)20-13-17(8-9-22(20)30)33-26(36)10-11-32-29(38)39/h2-9,12-14,32H,10-11,16H2,1H3,(H,33,36)(H,38,39)(H,34,35,37). The number of hydrogen-bond acceptors (Lipinski definition) is 8. The van der Waals surface area contributed by atoms with Crippen molar-refractivity contribution in [2.24, 2.45) is 0 Å². The van der Waals surface area contributed by atoms with Crippen molar-refractivity contribution in [3.05, 3.63) is 81.5 Å². The summed E-state index contributed by atoms with van der Waals surface area (Å²) in [4.78, 5) is 41.1. The second-order valence-electron chi connectivity index (χ2n) is 8.59. The largest absolute Gasteiger partial charge is 0.467 e. The van der Waals surface area contributed by atoms with E-state index in [1.807, 2.05) is 0 Å². The second kappa shape index (κ2) is 14.1. The summed E-state index contributed by atoms with van der Waals surface area (Å²) in [5, 5.41) is 28.6. The van der Waals surface area contributed by atoms with Gasteiger partial charge in [-0.05, 0) is 47.8 Å². The summed E-state index contributed by atoms with van der Waals surface area (Å²) in [6, 6.07) is 19.0. The van der Waals surface area contributed by atoms with Crippen LogP contribution in [0.5, 0.6) is 5.75 Å². The van der Waals surface area contributed by atoms with Crippen molar-refractivity contribution in [1.82, 2.24) is 10.3 Å². The summed E-state index contributed by atoms with van der Waals surface area (Å²) in [5.41, 5.74) is 2.10. The van der Waals surface area contributed by atoms with Crippen LogP contribution in [0.1, 0.15) is 21.7 Å². The number of aromatic nitrogens is 1. The van der Waals surface area contributed by atoms with Crippen LogP contribution >= 0.6 is 22.9 Å². The number of nitriles is 1. The molecule has 42 heavy (non-hydrogen) atoms. The maximum atomic E-state index is 13.0. The fourth-order valence-corrected chi connectivity index (χ4v) is 4.76. The second-order valence-corrected chi connectivity index (χ2v) is 9.95. The Balaban J connectivity index is 1.82. The van der Waals surface area contributed by atoms with Crippen LogP contribution in [0, 0.1) is 11.3 Å². The Labute approximate surface area is 249 Å². The third-order valence-electron chi connectivity index (χ3n) is 5.77. The van der Waals surface area contributed by atoms with Gasteiger partial charge in [0.2, 0.25) is 5.91 Å². The number of amides is 3. The number of ether oxygens (including phenoxy) is 2. The Morgan fingerprint density at radius 3 is 2.57 bits per heavy atom. The van der Waals surface area contributed by atoms with Crippen LogP contribution in [-0.4, -0.2) is 48.4 Å². The van der Waals surface area contributed by atoms with Crippen LogP contribution in [0.25, 0.3) is 22.4 Å². The van der Waals surface area contributed by atoms with E-state index in [1.54, 1.807) is 66.0 Å². The van der Waals surface area contributed by atoms with Crippen LogP contribution in [0.4, 0.5) is 16.3 Å². The van der Waals surface area contributed by atoms with E-state index < -0.39 is 17.9 Å². The molecule has 4 rings (SSSR count). The van der Waals surface area contributed by atoms with Gasteiger partial charge in [0, 0.05) is 47.5 Å². The van der Waals surface area contributed by atoms with Gasteiger partial charge in [-0.15, -0.1) is 11.3 Å². The average molecular weight is 606 g/mol. The maximum Gasteiger partial charge on any atom is 0.404 e. The Morgan fingerprint density at radius 2 is 1.86 bits per heavy atom. The molecule has 0 bridgehead atoms. The smallest absolute Gasteiger partial charge is 0.404 e. The number of para-hydroxylation sites is 1. The highest BCUT2D eigenvalue weighted by atomic mass is 35.5. The lowest BCUT2D eigenvalue weighted by Gasteiger charge is -2.17. The number of carbonyl (C=O) groups excluding carboxylic acids is 2. The average Bonchev–Trinajstić information content (AvgIpc) is 3.52. The number of halogens is 1. The fraction of sp³-hybridized carbons (Fsp3) is 0.138. The summed E-state index contributed by atoms with van der Waals surface area (Å²) >= 11 is 7.85. The SMILES string of the molecule is COCOc1ccccc1-c1cc(-c2cc(NC(=O)CCNC(=O)O)ccc2Cl)c(C#N)c(NC(=O)c2cccs2)n1. The monoisotopic (exact) mass is 605 g/mol. The van der Waals surface area contributed by atoms with Gasteiger partial charge in [0.15, 0.2) is 12.6 Å². The molecule has 0 saturated carbocycles. The molecule has 2 aromatic carbocycles. The number of nitrogens with zero attached hydrogens (tertiary/aromatic N) is 2. The maximum absolute atomic E-state index is 13.0. The Hall–Kier alpha value is -4.96. The van der Waals surface area contributed by atoms with Gasteiger partial charge in [-0.1, -0.05) is 29.8 Å². The van der Waals surface area contributed by atoms with E-state index >= 15 is 0 Å². The van der Waals surface area contributed by atoms with Crippen LogP contribution in [0.2, 0.25) is 5.02 Å². The Kier molecular flexibility index (Phi) is 10.1. The van der Waals surface area contributed by atoms with E-state index in [4.69, 9.17) is 26.2 Å². The summed E-state index contributed by atoms with van der Waals surface area (Å²) < 4.78 is 10.8. The van der Waals surface area contributed by atoms with Crippen LogP contribution in [0.3, 0.4) is 0 Å². The molecule has 0 aliphatic carbocycles. The molecule has 0 atom stereocenters. The van der Waals surface area contributed by atoms with Crippen LogP contribution in [-0.2, 0) is 9.53 Å². The third kappa shape index (κ3) is 7.41. The zero-order chi connectivity index (χ0) is 30.1. The molecule has 2 aromatic heterocycles. The van der Waals surface area contributed by atoms with Crippen molar-refractivity contribution in [3.8, 4) is 34.2 Å². The zero-order valence-corrected chi connectivity index (χ0v) is 23.7. The minimum atomic E-state index is -1.23. The third-order valence-corrected chi connectivity index (χ3v) is 6.97. The van der Waals surface area contributed by atoms with Crippen molar-refractivity contribution in [2.45, 2.75) is 6.42 Å². The number of carbonyl (C=O) groups is 3. The number of pyridine rings is 1. The molecule has 214 valence electrons. The number of nitrogens with one attached hydrogen (secondary N) is 3. The highest BCUT2D eigenvalue weighted by molar-refractivity contribution is 7.12. The van der Waals surface area contributed by atoms with Crippen molar-refractivity contribution in [2.75, 3.05) is 31.1 Å². The highest BCUT2D eigenvalue weighted by Gasteiger charge is 2.21. The van der Waals surface area contributed by atoms with Gasteiger partial charge in [0.05, 0.1) is 10.6 Å². The van der Waals surface area contributed by atoms with Crippen molar-refractivity contribution in [1.29, 1.82) is 5.26 Å². The molecule has 4 aromatic rings. The number of hydrogen-bond donors (Lipinski definition) is 4. The molecule has 0 saturated heterocycles. The minimum Gasteiger partial charge on any atom is -0.467 e. The van der Waals surface area contributed by atoms with Gasteiger partial charge in [-0.25, -0.2) is 9.78 Å². The molecule has 11 nitrogen and oxygen atoms in total. The molecular weight excluding hydrogens is 582 g/mol. The minimum absolute atomic E-state index is 0.00944. The lowest BCUT2D eigenvalue weighted by atomic mass is 9.97. The molecule has 0 unspecified atom stereocenters. The van der Waals surface area contributed by atoms with Crippen LogP contribution < -0.4 is 20.7 Å². The summed E-state index contributed by atoms with van der Waals surface area (Å²) in [6.45, 7) is -0.0799. The number of thiophene rings is 1. The zero-order valence-electron chi connectivity index (χ0n) is 22.1. The van der Waals surface area contributed by atoms with Gasteiger partial charge >= 0.3 is 6.09 Å². The molecule has 0 radical (unpaired) electrons. The topological polar surface area (TPSA) is 163 Å². The van der Waals surface area contributed by atoms with E-state index in [-0.39, 0.29) is 36.2 Å². The number of carboxylic acid groups (broad SMARTS) is 1. The molecule has 2 heterocycles. The van der Waals surface area contributed by atoms with E-state index in [1.165, 1.54) is 18.4 Å². The molecular formula is C29H24ClN5O6S. The first-order chi connectivity index (χ1) is 20.3. The van der Waals surface area contributed by atoms with E-state index in [0.29, 0.717) is 38.7 Å². The molecule has 3 amide bonds. The fourth-order valence-electron chi connectivity index (χ4n) is 3.92. The summed E-state index contributed by atoms with van der Waals surface area (Å²) in [5.74, 6) is -0.403. The lowest BCUT2D eigenvalue weighted by Crippen LogP contribution is -2.25. The normalized spacial score (nSPS) is 10.4. The lowest BCUT2D eigenvalue weighted by molar-refractivity contribution is -0.116. The predicted molar refractivity (Wildman–Crippen MR) is 159 cm³/mol. The van der Waals surface area contributed by atoms with E-state index in [2.05, 4.69) is 27.0 Å². The highest BCUT2D eigenvalue weighted by Crippen LogP contribution is 2.39. The summed E-state index contributed by atoms with van der Waals surface area (Å²) in [6.07, 6.45) is -1.32. The number of anilines is 2. The summed E-state index contributed by atoms with van der Waals surface area (Å²) in [7, 11) is 1.50. The molecule has 13 heteroatoms. The van der Waals surface area contributed by atoms with Crippen molar-refractivity contribution < 1.29 is 29.0 Å².